The molecular formula is C16H17N3O3S. The molecule has 0 bridgehead atoms. The molecule has 0 radical (unpaired) electrons. The summed E-state index contributed by atoms with van der Waals surface area (Å²) in [6, 6.07) is 16.6. The van der Waals surface area contributed by atoms with E-state index in [0.29, 0.717) is 0 Å². The molecule has 0 saturated heterocycles. The van der Waals surface area contributed by atoms with Crippen LogP contribution in [-0.2, 0) is 17.3 Å². The highest BCUT2D eigenvalue weighted by atomic mass is 32.2. The van der Waals surface area contributed by atoms with Crippen molar-refractivity contribution in [1.29, 1.82) is 0 Å². The molecule has 0 amide bonds. The summed E-state index contributed by atoms with van der Waals surface area (Å²) >= 11 is 0. The van der Waals surface area contributed by atoms with Crippen LogP contribution in [0.3, 0.4) is 0 Å². The molecule has 0 spiro atoms. The molecule has 120 valence electrons. The van der Waals surface area contributed by atoms with Crippen molar-refractivity contribution >= 4 is 27.3 Å². The van der Waals surface area contributed by atoms with Gasteiger partial charge in [-0.05, 0) is 24.3 Å². The average molecular weight is 331 g/mol. The fraction of sp³-hybridized carbons (Fsp3) is 0.188. The molecule has 0 fully saturated rings. The van der Waals surface area contributed by atoms with E-state index in [4.69, 9.17) is 17.6 Å². The number of nitrogens with one attached hydrogen (secondary N) is 1. The third-order valence-electron chi connectivity index (χ3n) is 3.25. The second-order valence-electron chi connectivity index (χ2n) is 4.44. The lowest BCUT2D eigenvalue weighted by Gasteiger charge is -2.20. The molecule has 2 aromatic carbocycles. The summed E-state index contributed by atoms with van der Waals surface area (Å²) in [5, 5.41) is 3.42. The zero-order valence-electron chi connectivity index (χ0n) is 12.9. The number of hydrogen-bond acceptors (Lipinski definition) is 5. The van der Waals surface area contributed by atoms with Crippen molar-refractivity contribution in [2.24, 2.45) is 0 Å². The van der Waals surface area contributed by atoms with Crippen LogP contribution in [0.2, 0.25) is 0 Å². The van der Waals surface area contributed by atoms with Gasteiger partial charge in [0.2, 0.25) is 0 Å². The first-order chi connectivity index (χ1) is 11.2. The summed E-state index contributed by atoms with van der Waals surface area (Å²) in [6.07, 6.45) is 0. The minimum atomic E-state index is -3.11. The monoisotopic (exact) mass is 331 g/mol. The van der Waals surface area contributed by atoms with Crippen molar-refractivity contribution in [1.82, 2.24) is 9.55 Å². The van der Waals surface area contributed by atoms with Gasteiger partial charge in [0.1, 0.15) is 5.82 Å². The number of para-hydroxylation sites is 3. The predicted octanol–water partition coefficient (Wildman–Crippen LogP) is 3.11. The Labute approximate surface area is 135 Å². The highest BCUT2D eigenvalue weighted by molar-refractivity contribution is 7.59. The van der Waals surface area contributed by atoms with Gasteiger partial charge in [-0.3, -0.25) is 0 Å². The van der Waals surface area contributed by atoms with Crippen LogP contribution in [0.15, 0.2) is 48.5 Å². The molecule has 0 aliphatic carbocycles. The van der Waals surface area contributed by atoms with Crippen molar-refractivity contribution in [2.45, 2.75) is 20.5 Å². The molecule has 2 heterocycles. The van der Waals surface area contributed by atoms with E-state index < -0.39 is 10.6 Å². The number of rotatable bonds is 0. The summed E-state index contributed by atoms with van der Waals surface area (Å²) in [5.41, 5.74) is 4.58. The van der Waals surface area contributed by atoms with Gasteiger partial charge < -0.3 is 9.88 Å². The number of nitrogens with zero attached hydrogens (tertiary/aromatic N) is 2. The molecule has 7 heteroatoms. The largest absolute Gasteiger partial charge is 0.425 e. The lowest BCUT2D eigenvalue weighted by molar-refractivity contribution is 0.559. The van der Waals surface area contributed by atoms with Gasteiger partial charge in [-0.25, -0.2) is 4.98 Å². The maximum absolute atomic E-state index is 8.44. The summed E-state index contributed by atoms with van der Waals surface area (Å²) in [7, 11) is -3.11. The minimum Gasteiger partial charge on any atom is -0.367 e. The van der Waals surface area contributed by atoms with Crippen LogP contribution in [0.4, 0.5) is 5.69 Å². The molecule has 1 N–H and O–H groups in total. The van der Waals surface area contributed by atoms with Crippen LogP contribution in [0.1, 0.15) is 13.8 Å². The van der Waals surface area contributed by atoms with Crippen molar-refractivity contribution in [3.8, 4) is 11.4 Å². The van der Waals surface area contributed by atoms with Gasteiger partial charge in [-0.15, -0.1) is 12.6 Å². The van der Waals surface area contributed by atoms with E-state index in [2.05, 4.69) is 46.3 Å². The second kappa shape index (κ2) is 7.55. The SMILES string of the molecule is CC.O=S(=O)=O.c1ccc2c(c1)NCn1c-2nc2ccccc21. The number of hydrogen-bond donors (Lipinski definition) is 1. The van der Waals surface area contributed by atoms with Crippen LogP contribution in [0.25, 0.3) is 22.4 Å². The molecule has 1 aliphatic rings. The number of aromatic nitrogens is 2. The first kappa shape index (κ1) is 16.7. The molecule has 23 heavy (non-hydrogen) atoms. The first-order valence-corrected chi connectivity index (χ1v) is 8.22. The van der Waals surface area contributed by atoms with Crippen molar-refractivity contribution in [2.75, 3.05) is 5.32 Å². The third kappa shape index (κ3) is 3.57. The smallest absolute Gasteiger partial charge is 0.367 e. The number of benzene rings is 2. The third-order valence-corrected chi connectivity index (χ3v) is 3.25. The Balaban J connectivity index is 0.000000283. The quantitative estimate of drug-likeness (QED) is 0.684. The van der Waals surface area contributed by atoms with Gasteiger partial charge >= 0.3 is 10.6 Å². The van der Waals surface area contributed by atoms with E-state index in [9.17, 15) is 0 Å². The highest BCUT2D eigenvalue weighted by Crippen LogP contribution is 2.33. The molecule has 0 unspecified atom stereocenters. The standard InChI is InChI=1S/C14H11N3.C2H6.O3S/c1-2-6-11-10(5-1)14-16-12-7-3-4-8-13(12)17(14)9-15-11;1-2;1-4(2)3/h1-8,15H,9H2;1-2H3;. The molecule has 1 aromatic heterocycles. The van der Waals surface area contributed by atoms with Crippen LogP contribution in [-0.4, -0.2) is 22.2 Å². The van der Waals surface area contributed by atoms with Gasteiger partial charge in [0.05, 0.1) is 17.7 Å². The van der Waals surface area contributed by atoms with E-state index >= 15 is 0 Å². The van der Waals surface area contributed by atoms with Crippen LogP contribution in [0.5, 0.6) is 0 Å². The van der Waals surface area contributed by atoms with Gasteiger partial charge in [0.15, 0.2) is 0 Å². The fourth-order valence-electron chi connectivity index (χ4n) is 2.44. The molecule has 0 saturated carbocycles. The Hall–Kier alpha value is -2.67. The van der Waals surface area contributed by atoms with Gasteiger partial charge in [-0.2, -0.15) is 0 Å². The molecule has 4 rings (SSSR count). The summed E-state index contributed by atoms with van der Waals surface area (Å²) < 4.78 is 27.6. The van der Waals surface area contributed by atoms with E-state index in [-0.39, 0.29) is 0 Å². The molecule has 3 aromatic rings. The Morgan fingerprint density at radius 3 is 2.35 bits per heavy atom. The predicted molar refractivity (Wildman–Crippen MR) is 89.8 cm³/mol. The summed E-state index contributed by atoms with van der Waals surface area (Å²) in [4.78, 5) is 4.72. The lowest BCUT2D eigenvalue weighted by atomic mass is 10.1. The molecule has 0 atom stereocenters. The molecular weight excluding hydrogens is 314 g/mol. The normalized spacial score (nSPS) is 10.9. The van der Waals surface area contributed by atoms with E-state index in [0.717, 1.165) is 23.7 Å². The zero-order chi connectivity index (χ0) is 16.8. The van der Waals surface area contributed by atoms with Crippen LogP contribution < -0.4 is 5.32 Å². The fourth-order valence-corrected chi connectivity index (χ4v) is 2.44. The van der Waals surface area contributed by atoms with E-state index in [1.165, 1.54) is 11.1 Å². The van der Waals surface area contributed by atoms with E-state index in [1.807, 2.05) is 26.0 Å². The Kier molecular flexibility index (Phi) is 5.48. The van der Waals surface area contributed by atoms with E-state index in [1.54, 1.807) is 0 Å². The number of anilines is 1. The maximum Gasteiger partial charge on any atom is 0.425 e. The van der Waals surface area contributed by atoms with Crippen molar-refractivity contribution in [3.05, 3.63) is 48.5 Å². The molecule has 6 nitrogen and oxygen atoms in total. The molecule has 1 aliphatic heterocycles. The Morgan fingerprint density at radius 2 is 1.61 bits per heavy atom. The van der Waals surface area contributed by atoms with Crippen molar-refractivity contribution in [3.63, 3.8) is 0 Å². The Morgan fingerprint density at radius 1 is 1.00 bits per heavy atom. The highest BCUT2D eigenvalue weighted by Gasteiger charge is 2.18. The summed E-state index contributed by atoms with van der Waals surface area (Å²) in [6.45, 7) is 4.78. The van der Waals surface area contributed by atoms with Gasteiger partial charge in [-0.1, -0.05) is 38.1 Å². The summed E-state index contributed by atoms with van der Waals surface area (Å²) in [5.74, 6) is 1.06. The zero-order valence-corrected chi connectivity index (χ0v) is 13.7. The lowest BCUT2D eigenvalue weighted by Crippen LogP contribution is -2.15. The van der Waals surface area contributed by atoms with Crippen molar-refractivity contribution < 1.29 is 12.6 Å². The first-order valence-electron chi connectivity index (χ1n) is 7.22. The Bertz CT molecular complexity index is 911. The minimum absolute atomic E-state index is 0.785. The second-order valence-corrected chi connectivity index (χ2v) is 4.85. The number of imidazole rings is 1. The topological polar surface area (TPSA) is 81.1 Å². The maximum atomic E-state index is 8.44. The van der Waals surface area contributed by atoms with Crippen LogP contribution in [0, 0.1) is 0 Å². The van der Waals surface area contributed by atoms with Crippen LogP contribution >= 0.6 is 0 Å². The van der Waals surface area contributed by atoms with Gasteiger partial charge in [0.25, 0.3) is 0 Å². The van der Waals surface area contributed by atoms with Gasteiger partial charge in [0, 0.05) is 11.3 Å². The average Bonchev–Trinajstić information content (AvgIpc) is 2.95. The number of fused-ring (bicyclic) bond motifs is 5.